The molecule has 0 saturated heterocycles. The number of nitrogens with one attached hydrogen (secondary N) is 1. The summed E-state index contributed by atoms with van der Waals surface area (Å²) in [7, 11) is 1.82. The summed E-state index contributed by atoms with van der Waals surface area (Å²) in [6, 6.07) is 10.9. The number of ether oxygens (including phenoxy) is 1. The lowest BCUT2D eigenvalue weighted by Gasteiger charge is -2.31. The first-order valence-electron chi connectivity index (χ1n) is 5.74. The van der Waals surface area contributed by atoms with Gasteiger partial charge in [-0.1, -0.05) is 31.0 Å². The van der Waals surface area contributed by atoms with Crippen LogP contribution in [0.3, 0.4) is 0 Å². The van der Waals surface area contributed by atoms with E-state index in [1.807, 2.05) is 13.2 Å². The highest BCUT2D eigenvalue weighted by atomic mass is 16.5. The Morgan fingerprint density at radius 2 is 1.87 bits per heavy atom. The lowest BCUT2D eigenvalue weighted by Crippen LogP contribution is -2.37. The molecule has 82 valence electrons. The Kier molecular flexibility index (Phi) is 3.62. The highest BCUT2D eigenvalue weighted by Crippen LogP contribution is 2.23. The lowest BCUT2D eigenvalue weighted by atomic mass is 9.92. The fourth-order valence-electron chi connectivity index (χ4n) is 2.29. The second-order valence-corrected chi connectivity index (χ2v) is 4.18. The van der Waals surface area contributed by atoms with Crippen LogP contribution in [0.1, 0.15) is 25.7 Å². The van der Waals surface area contributed by atoms with Gasteiger partial charge in [-0.15, -0.1) is 0 Å². The number of anilines is 1. The van der Waals surface area contributed by atoms with Gasteiger partial charge >= 0.3 is 0 Å². The van der Waals surface area contributed by atoms with Crippen molar-refractivity contribution in [3.63, 3.8) is 0 Å². The molecule has 0 aliphatic heterocycles. The van der Waals surface area contributed by atoms with E-state index in [0.29, 0.717) is 12.1 Å². The Bertz CT molecular complexity index is 286. The molecular weight excluding hydrogens is 186 g/mol. The van der Waals surface area contributed by atoms with Gasteiger partial charge in [0.25, 0.3) is 0 Å². The Balaban J connectivity index is 1.97. The zero-order chi connectivity index (χ0) is 10.5. The van der Waals surface area contributed by atoms with Crippen LogP contribution in [0.15, 0.2) is 30.3 Å². The van der Waals surface area contributed by atoms with Crippen LogP contribution < -0.4 is 5.32 Å². The van der Waals surface area contributed by atoms with Crippen molar-refractivity contribution in [1.82, 2.24) is 0 Å². The average Bonchev–Trinajstić information content (AvgIpc) is 2.31. The molecule has 1 saturated carbocycles. The average molecular weight is 205 g/mol. The van der Waals surface area contributed by atoms with Crippen LogP contribution in [-0.2, 0) is 4.74 Å². The zero-order valence-corrected chi connectivity index (χ0v) is 9.28. The van der Waals surface area contributed by atoms with Crippen molar-refractivity contribution in [2.24, 2.45) is 0 Å². The van der Waals surface area contributed by atoms with Crippen LogP contribution in [0.25, 0.3) is 0 Å². The first-order chi connectivity index (χ1) is 7.40. The summed E-state index contributed by atoms with van der Waals surface area (Å²) >= 11 is 0. The third kappa shape index (κ3) is 2.72. The van der Waals surface area contributed by atoms with Crippen LogP contribution >= 0.6 is 0 Å². The minimum atomic E-state index is 0.374. The SMILES string of the molecule is CO[C@H]1CCCC[C@@H]1Nc1ccccc1. The van der Waals surface area contributed by atoms with Gasteiger partial charge in [0.2, 0.25) is 0 Å². The van der Waals surface area contributed by atoms with E-state index in [1.165, 1.54) is 31.4 Å². The van der Waals surface area contributed by atoms with Crippen LogP contribution in [0.4, 0.5) is 5.69 Å². The second-order valence-electron chi connectivity index (χ2n) is 4.18. The number of benzene rings is 1. The summed E-state index contributed by atoms with van der Waals surface area (Å²) in [5, 5.41) is 3.56. The summed E-state index contributed by atoms with van der Waals surface area (Å²) in [6.45, 7) is 0. The molecule has 1 N–H and O–H groups in total. The maximum absolute atomic E-state index is 5.51. The summed E-state index contributed by atoms with van der Waals surface area (Å²) in [5.41, 5.74) is 1.20. The molecule has 2 heteroatoms. The Morgan fingerprint density at radius 1 is 1.13 bits per heavy atom. The van der Waals surface area contributed by atoms with Crippen molar-refractivity contribution in [3.8, 4) is 0 Å². The van der Waals surface area contributed by atoms with Gasteiger partial charge in [0.05, 0.1) is 12.1 Å². The minimum absolute atomic E-state index is 0.374. The molecule has 1 aliphatic rings. The molecule has 0 heterocycles. The van der Waals surface area contributed by atoms with E-state index in [2.05, 4.69) is 29.6 Å². The molecule has 1 aliphatic carbocycles. The summed E-state index contributed by atoms with van der Waals surface area (Å²) in [6.07, 6.45) is 5.38. The largest absolute Gasteiger partial charge is 0.380 e. The molecule has 0 radical (unpaired) electrons. The second kappa shape index (κ2) is 5.17. The maximum Gasteiger partial charge on any atom is 0.0772 e. The molecule has 2 rings (SSSR count). The number of hydrogen-bond acceptors (Lipinski definition) is 2. The van der Waals surface area contributed by atoms with Crippen molar-refractivity contribution in [1.29, 1.82) is 0 Å². The Hall–Kier alpha value is -1.02. The minimum Gasteiger partial charge on any atom is -0.380 e. The van der Waals surface area contributed by atoms with Crippen molar-refractivity contribution in [2.45, 2.75) is 37.8 Å². The molecule has 0 aromatic heterocycles. The first kappa shape index (κ1) is 10.5. The van der Waals surface area contributed by atoms with Gasteiger partial charge in [0.1, 0.15) is 0 Å². The van der Waals surface area contributed by atoms with Gasteiger partial charge in [-0.05, 0) is 25.0 Å². The number of rotatable bonds is 3. The normalized spacial score (nSPS) is 26.2. The molecular formula is C13H19NO. The molecule has 0 spiro atoms. The Labute approximate surface area is 91.6 Å². The highest BCUT2D eigenvalue weighted by Gasteiger charge is 2.24. The molecule has 0 amide bonds. The predicted molar refractivity (Wildman–Crippen MR) is 63.1 cm³/mol. The highest BCUT2D eigenvalue weighted by molar-refractivity contribution is 5.43. The molecule has 2 atom stereocenters. The number of hydrogen-bond donors (Lipinski definition) is 1. The molecule has 2 nitrogen and oxygen atoms in total. The predicted octanol–water partition coefficient (Wildman–Crippen LogP) is 3.06. The summed E-state index contributed by atoms with van der Waals surface area (Å²) in [5.74, 6) is 0. The van der Waals surface area contributed by atoms with E-state index >= 15 is 0 Å². The molecule has 1 aromatic rings. The summed E-state index contributed by atoms with van der Waals surface area (Å²) < 4.78 is 5.51. The van der Waals surface area contributed by atoms with Gasteiger partial charge in [0, 0.05) is 12.8 Å². The topological polar surface area (TPSA) is 21.3 Å². The van der Waals surface area contributed by atoms with Crippen LogP contribution in [0, 0.1) is 0 Å². The monoisotopic (exact) mass is 205 g/mol. The van der Waals surface area contributed by atoms with Crippen LogP contribution in [-0.4, -0.2) is 19.3 Å². The third-order valence-electron chi connectivity index (χ3n) is 3.13. The van der Waals surface area contributed by atoms with Gasteiger partial charge < -0.3 is 10.1 Å². The van der Waals surface area contributed by atoms with Gasteiger partial charge in [-0.2, -0.15) is 0 Å². The van der Waals surface area contributed by atoms with E-state index in [4.69, 9.17) is 4.74 Å². The smallest absolute Gasteiger partial charge is 0.0772 e. The fourth-order valence-corrected chi connectivity index (χ4v) is 2.29. The van der Waals surface area contributed by atoms with Crippen molar-refractivity contribution in [3.05, 3.63) is 30.3 Å². The van der Waals surface area contributed by atoms with Gasteiger partial charge in [-0.3, -0.25) is 0 Å². The quantitative estimate of drug-likeness (QED) is 0.819. The van der Waals surface area contributed by atoms with Crippen molar-refractivity contribution < 1.29 is 4.74 Å². The number of para-hydroxylation sites is 1. The Morgan fingerprint density at radius 3 is 2.60 bits per heavy atom. The van der Waals surface area contributed by atoms with E-state index in [0.717, 1.165) is 0 Å². The van der Waals surface area contributed by atoms with Crippen LogP contribution in [0.2, 0.25) is 0 Å². The fraction of sp³-hybridized carbons (Fsp3) is 0.538. The van der Waals surface area contributed by atoms with E-state index in [-0.39, 0.29) is 0 Å². The van der Waals surface area contributed by atoms with Crippen LogP contribution in [0.5, 0.6) is 0 Å². The van der Waals surface area contributed by atoms with E-state index in [9.17, 15) is 0 Å². The molecule has 0 unspecified atom stereocenters. The first-order valence-corrected chi connectivity index (χ1v) is 5.74. The molecule has 1 aromatic carbocycles. The molecule has 0 bridgehead atoms. The van der Waals surface area contributed by atoms with E-state index in [1.54, 1.807) is 0 Å². The van der Waals surface area contributed by atoms with E-state index < -0.39 is 0 Å². The lowest BCUT2D eigenvalue weighted by molar-refractivity contribution is 0.0606. The van der Waals surface area contributed by atoms with Crippen molar-refractivity contribution >= 4 is 5.69 Å². The summed E-state index contributed by atoms with van der Waals surface area (Å²) in [4.78, 5) is 0. The van der Waals surface area contributed by atoms with Crippen molar-refractivity contribution in [2.75, 3.05) is 12.4 Å². The molecule has 1 fully saturated rings. The molecule has 15 heavy (non-hydrogen) atoms. The standard InChI is InChI=1S/C13H19NO/c1-15-13-10-6-5-9-12(13)14-11-7-3-2-4-8-11/h2-4,7-8,12-14H,5-6,9-10H2,1H3/t12-,13-/m0/s1. The zero-order valence-electron chi connectivity index (χ0n) is 9.28. The van der Waals surface area contributed by atoms with Gasteiger partial charge in [0.15, 0.2) is 0 Å². The third-order valence-corrected chi connectivity index (χ3v) is 3.13. The van der Waals surface area contributed by atoms with Gasteiger partial charge in [-0.25, -0.2) is 0 Å². The maximum atomic E-state index is 5.51. The number of methoxy groups -OCH3 is 1.